The lowest BCUT2D eigenvalue weighted by molar-refractivity contribution is -0.386. The zero-order chi connectivity index (χ0) is 26.5. The number of halogens is 1. The van der Waals surface area contributed by atoms with Gasteiger partial charge in [0.2, 0.25) is 0 Å². The molecule has 0 aliphatic rings. The van der Waals surface area contributed by atoms with Crippen molar-refractivity contribution in [2.45, 2.75) is 26.4 Å². The van der Waals surface area contributed by atoms with Crippen LogP contribution in [0, 0.1) is 20.2 Å². The Morgan fingerprint density at radius 1 is 1.05 bits per heavy atom. The number of aryl methyl sites for hydroxylation is 1. The maximum absolute atomic E-state index is 13.1. The number of nitro groups is 2. The molecule has 11 nitrogen and oxygen atoms in total. The number of benzene rings is 3. The molecular weight excluding hydrogens is 546 g/mol. The van der Waals surface area contributed by atoms with Crippen LogP contribution in [0.1, 0.15) is 30.3 Å². The Hall–Kier alpha value is -4.45. The second-order valence-electron chi connectivity index (χ2n) is 8.00. The number of fused-ring (bicyclic) bond motifs is 1. The van der Waals surface area contributed by atoms with E-state index in [0.29, 0.717) is 34.3 Å². The molecule has 1 heterocycles. The van der Waals surface area contributed by atoms with E-state index < -0.39 is 9.85 Å². The Kier molecular flexibility index (Phi) is 7.68. The summed E-state index contributed by atoms with van der Waals surface area (Å²) < 4.78 is 7.55. The van der Waals surface area contributed by atoms with E-state index in [9.17, 15) is 25.0 Å². The van der Waals surface area contributed by atoms with Crippen LogP contribution in [-0.4, -0.2) is 25.7 Å². The van der Waals surface area contributed by atoms with E-state index in [0.717, 1.165) is 10.9 Å². The fourth-order valence-corrected chi connectivity index (χ4v) is 3.94. The highest BCUT2D eigenvalue weighted by molar-refractivity contribution is 9.10. The van der Waals surface area contributed by atoms with Crippen molar-refractivity contribution < 1.29 is 14.6 Å². The first-order valence-corrected chi connectivity index (χ1v) is 12.0. The number of rotatable bonds is 9. The summed E-state index contributed by atoms with van der Waals surface area (Å²) in [7, 11) is 0. The maximum atomic E-state index is 13.1. The van der Waals surface area contributed by atoms with Gasteiger partial charge >= 0.3 is 5.69 Å². The van der Waals surface area contributed by atoms with Gasteiger partial charge in [0.25, 0.3) is 11.2 Å². The maximum Gasteiger partial charge on any atom is 0.311 e. The predicted molar refractivity (Wildman–Crippen MR) is 141 cm³/mol. The standard InChI is InChI=1S/C25H20BrN5O6/c1-2-3-24-28-21-10-7-18(26)13-20(21)25(32)29(24)27-14-17-6-11-23(22(12-17)31(35)36)37-15-16-4-8-19(9-5-16)30(33)34/h4-14H,2-3,15H2,1H3. The summed E-state index contributed by atoms with van der Waals surface area (Å²) in [5.74, 6) is 0.512. The van der Waals surface area contributed by atoms with E-state index in [1.807, 2.05) is 13.0 Å². The Morgan fingerprint density at radius 2 is 1.81 bits per heavy atom. The van der Waals surface area contributed by atoms with Crippen molar-refractivity contribution >= 4 is 44.4 Å². The lowest BCUT2D eigenvalue weighted by atomic mass is 10.2. The van der Waals surface area contributed by atoms with Gasteiger partial charge in [0.05, 0.1) is 27.0 Å². The Balaban J connectivity index is 1.62. The Bertz CT molecular complexity index is 1580. The lowest BCUT2D eigenvalue weighted by Crippen LogP contribution is -2.22. The topological polar surface area (TPSA) is 143 Å². The second kappa shape index (κ2) is 11.1. The minimum Gasteiger partial charge on any atom is -0.482 e. The molecule has 0 aliphatic carbocycles. The Morgan fingerprint density at radius 3 is 2.49 bits per heavy atom. The first-order chi connectivity index (χ1) is 17.8. The highest BCUT2D eigenvalue weighted by Crippen LogP contribution is 2.28. The quantitative estimate of drug-likeness (QED) is 0.150. The first-order valence-electron chi connectivity index (χ1n) is 11.2. The number of nitrogens with zero attached hydrogens (tertiary/aromatic N) is 5. The molecule has 37 heavy (non-hydrogen) atoms. The summed E-state index contributed by atoms with van der Waals surface area (Å²) in [5.41, 5.74) is 0.875. The van der Waals surface area contributed by atoms with Crippen LogP contribution >= 0.6 is 15.9 Å². The molecule has 0 spiro atoms. The normalized spacial score (nSPS) is 11.2. The van der Waals surface area contributed by atoms with Crippen LogP contribution in [0.15, 0.2) is 75.0 Å². The van der Waals surface area contributed by atoms with E-state index >= 15 is 0 Å². The van der Waals surface area contributed by atoms with Crippen LogP contribution in [0.5, 0.6) is 5.75 Å². The fraction of sp³-hybridized carbons (Fsp3) is 0.160. The molecule has 0 saturated heterocycles. The average Bonchev–Trinajstić information content (AvgIpc) is 2.88. The third-order valence-corrected chi connectivity index (χ3v) is 5.89. The smallest absolute Gasteiger partial charge is 0.311 e. The van der Waals surface area contributed by atoms with E-state index in [1.54, 1.807) is 18.2 Å². The number of non-ortho nitro benzene ring substituents is 1. The molecule has 0 atom stereocenters. The molecule has 1 aromatic heterocycles. The lowest BCUT2D eigenvalue weighted by Gasteiger charge is -2.09. The molecule has 0 unspecified atom stereocenters. The first kappa shape index (κ1) is 25.6. The summed E-state index contributed by atoms with van der Waals surface area (Å²) in [4.78, 5) is 39.1. The molecule has 3 aromatic carbocycles. The van der Waals surface area contributed by atoms with E-state index in [1.165, 1.54) is 47.3 Å². The van der Waals surface area contributed by atoms with E-state index in [4.69, 9.17) is 4.74 Å². The van der Waals surface area contributed by atoms with E-state index in [-0.39, 0.29) is 29.3 Å². The van der Waals surface area contributed by atoms with Gasteiger partial charge in [-0.1, -0.05) is 22.9 Å². The number of hydrogen-bond donors (Lipinski definition) is 0. The summed E-state index contributed by atoms with van der Waals surface area (Å²) in [6.45, 7) is 1.95. The molecular formula is C25H20BrN5O6. The van der Waals surface area contributed by atoms with Crippen molar-refractivity contribution in [3.05, 3.63) is 113 Å². The summed E-state index contributed by atoms with van der Waals surface area (Å²) in [6.07, 6.45) is 2.63. The Labute approximate surface area is 218 Å². The van der Waals surface area contributed by atoms with Crippen molar-refractivity contribution in [3.8, 4) is 5.75 Å². The highest BCUT2D eigenvalue weighted by Gasteiger charge is 2.17. The molecule has 0 N–H and O–H groups in total. The number of ether oxygens (including phenoxy) is 1. The van der Waals surface area contributed by atoms with Gasteiger partial charge in [-0.15, -0.1) is 0 Å². The molecule has 0 amide bonds. The van der Waals surface area contributed by atoms with Crippen molar-refractivity contribution in [1.82, 2.24) is 9.66 Å². The van der Waals surface area contributed by atoms with Gasteiger partial charge in [0.15, 0.2) is 5.75 Å². The molecule has 0 bridgehead atoms. The van der Waals surface area contributed by atoms with Gasteiger partial charge in [0, 0.05) is 34.7 Å². The third kappa shape index (κ3) is 5.86. The molecule has 4 aromatic rings. The van der Waals surface area contributed by atoms with Crippen molar-refractivity contribution in [3.63, 3.8) is 0 Å². The molecule has 0 radical (unpaired) electrons. The molecule has 0 saturated carbocycles. The zero-order valence-electron chi connectivity index (χ0n) is 19.5. The number of hydrogen-bond acceptors (Lipinski definition) is 8. The average molecular weight is 566 g/mol. The molecule has 12 heteroatoms. The zero-order valence-corrected chi connectivity index (χ0v) is 21.1. The second-order valence-corrected chi connectivity index (χ2v) is 8.91. The molecule has 0 aliphatic heterocycles. The SMILES string of the molecule is CCCc1nc2ccc(Br)cc2c(=O)n1N=Cc1ccc(OCc2ccc([N+](=O)[O-])cc2)c([N+](=O)[O-])c1. The van der Waals surface area contributed by atoms with Gasteiger partial charge in [-0.25, -0.2) is 4.98 Å². The van der Waals surface area contributed by atoms with Gasteiger partial charge in [-0.3, -0.25) is 25.0 Å². The van der Waals surface area contributed by atoms with Crippen LogP contribution in [0.3, 0.4) is 0 Å². The van der Waals surface area contributed by atoms with Crippen LogP contribution < -0.4 is 10.3 Å². The number of nitro benzene ring substituents is 2. The highest BCUT2D eigenvalue weighted by atomic mass is 79.9. The van der Waals surface area contributed by atoms with Crippen LogP contribution in [0.4, 0.5) is 11.4 Å². The van der Waals surface area contributed by atoms with Gasteiger partial charge < -0.3 is 4.74 Å². The van der Waals surface area contributed by atoms with Crippen LogP contribution in [-0.2, 0) is 13.0 Å². The largest absolute Gasteiger partial charge is 0.482 e. The summed E-state index contributed by atoms with van der Waals surface area (Å²) >= 11 is 3.36. The summed E-state index contributed by atoms with van der Waals surface area (Å²) in [6, 6.07) is 15.3. The number of aromatic nitrogens is 2. The third-order valence-electron chi connectivity index (χ3n) is 5.39. The van der Waals surface area contributed by atoms with Crippen molar-refractivity contribution in [2.75, 3.05) is 0 Å². The summed E-state index contributed by atoms with van der Waals surface area (Å²) in [5, 5.41) is 27.2. The molecule has 4 rings (SSSR count). The monoisotopic (exact) mass is 565 g/mol. The van der Waals surface area contributed by atoms with Crippen LogP contribution in [0.25, 0.3) is 10.9 Å². The minimum absolute atomic E-state index is 0.0135. The van der Waals surface area contributed by atoms with Gasteiger partial charge in [-0.05, 0) is 54.4 Å². The van der Waals surface area contributed by atoms with Gasteiger partial charge in [0.1, 0.15) is 12.4 Å². The van der Waals surface area contributed by atoms with E-state index in [2.05, 4.69) is 26.0 Å². The predicted octanol–water partition coefficient (Wildman–Crippen LogP) is 5.39. The van der Waals surface area contributed by atoms with Crippen molar-refractivity contribution in [2.24, 2.45) is 5.10 Å². The molecule has 0 fully saturated rings. The van der Waals surface area contributed by atoms with Crippen LogP contribution in [0.2, 0.25) is 0 Å². The fourth-order valence-electron chi connectivity index (χ4n) is 3.58. The minimum atomic E-state index is -0.577. The van der Waals surface area contributed by atoms with Crippen molar-refractivity contribution in [1.29, 1.82) is 0 Å². The molecule has 188 valence electrons. The van der Waals surface area contributed by atoms with Gasteiger partial charge in [-0.2, -0.15) is 9.78 Å².